The SMILES string of the molecule is CCNc1cc([N+](=O)[O-])cc(NC(C(N)=O)C(C)C)n1. The first-order valence-electron chi connectivity index (χ1n) is 6.31. The average molecular weight is 281 g/mol. The normalized spacial score (nSPS) is 12.0. The van der Waals surface area contributed by atoms with Crippen molar-refractivity contribution in [3.8, 4) is 0 Å². The van der Waals surface area contributed by atoms with E-state index in [-0.39, 0.29) is 17.4 Å². The number of carbonyl (C=O) groups is 1. The van der Waals surface area contributed by atoms with Crippen molar-refractivity contribution >= 4 is 23.2 Å². The topological polar surface area (TPSA) is 123 Å². The van der Waals surface area contributed by atoms with Gasteiger partial charge in [0.1, 0.15) is 17.7 Å². The zero-order chi connectivity index (χ0) is 15.3. The Hall–Kier alpha value is -2.38. The number of pyridine rings is 1. The standard InChI is InChI=1S/C12H19N5O3/c1-4-14-9-5-8(17(19)20)6-10(15-9)16-11(7(2)3)12(13)18/h5-7,11H,4H2,1-3H3,(H2,13,18)(H2,14,15,16). The second-order valence-corrected chi connectivity index (χ2v) is 4.65. The van der Waals surface area contributed by atoms with Crippen LogP contribution in [-0.4, -0.2) is 28.4 Å². The van der Waals surface area contributed by atoms with Gasteiger partial charge in [-0.3, -0.25) is 14.9 Å². The first-order chi connectivity index (χ1) is 9.35. The highest BCUT2D eigenvalue weighted by molar-refractivity contribution is 5.83. The molecule has 8 nitrogen and oxygen atoms in total. The Morgan fingerprint density at radius 1 is 1.45 bits per heavy atom. The molecule has 0 radical (unpaired) electrons. The fourth-order valence-electron chi connectivity index (χ4n) is 1.69. The maximum Gasteiger partial charge on any atom is 0.276 e. The van der Waals surface area contributed by atoms with Crippen molar-refractivity contribution in [1.29, 1.82) is 0 Å². The van der Waals surface area contributed by atoms with E-state index in [1.165, 1.54) is 12.1 Å². The summed E-state index contributed by atoms with van der Waals surface area (Å²) in [7, 11) is 0. The molecule has 0 saturated heterocycles. The zero-order valence-corrected chi connectivity index (χ0v) is 11.7. The van der Waals surface area contributed by atoms with Crippen LogP contribution in [0.3, 0.4) is 0 Å². The van der Waals surface area contributed by atoms with Crippen molar-refractivity contribution in [1.82, 2.24) is 4.98 Å². The van der Waals surface area contributed by atoms with Crippen molar-refractivity contribution in [3.05, 3.63) is 22.2 Å². The van der Waals surface area contributed by atoms with Crippen molar-refractivity contribution in [2.45, 2.75) is 26.8 Å². The quantitative estimate of drug-likeness (QED) is 0.512. The number of rotatable bonds is 7. The number of nitrogens with two attached hydrogens (primary N) is 1. The summed E-state index contributed by atoms with van der Waals surface area (Å²) >= 11 is 0. The van der Waals surface area contributed by atoms with Crippen LogP contribution in [0.1, 0.15) is 20.8 Å². The Bertz CT molecular complexity index is 504. The number of anilines is 2. The van der Waals surface area contributed by atoms with E-state index in [4.69, 9.17) is 5.73 Å². The monoisotopic (exact) mass is 281 g/mol. The van der Waals surface area contributed by atoms with Gasteiger partial charge in [0.15, 0.2) is 0 Å². The predicted molar refractivity (Wildman–Crippen MR) is 76.5 cm³/mol. The molecule has 1 unspecified atom stereocenters. The lowest BCUT2D eigenvalue weighted by Crippen LogP contribution is -2.39. The van der Waals surface area contributed by atoms with Crippen LogP contribution in [0, 0.1) is 16.0 Å². The van der Waals surface area contributed by atoms with E-state index in [9.17, 15) is 14.9 Å². The van der Waals surface area contributed by atoms with Crippen LogP contribution in [0.25, 0.3) is 0 Å². The van der Waals surface area contributed by atoms with E-state index in [2.05, 4.69) is 15.6 Å². The van der Waals surface area contributed by atoms with Crippen molar-refractivity contribution in [2.75, 3.05) is 17.2 Å². The number of carbonyl (C=O) groups excluding carboxylic acids is 1. The third kappa shape index (κ3) is 4.08. The maximum atomic E-state index is 11.4. The second-order valence-electron chi connectivity index (χ2n) is 4.65. The molecule has 0 aromatic carbocycles. The van der Waals surface area contributed by atoms with Crippen LogP contribution >= 0.6 is 0 Å². The molecule has 0 fully saturated rings. The molecule has 1 amide bonds. The minimum absolute atomic E-state index is 0.0591. The summed E-state index contributed by atoms with van der Waals surface area (Å²) in [5, 5.41) is 16.6. The van der Waals surface area contributed by atoms with Crippen LogP contribution in [0.15, 0.2) is 12.1 Å². The molecule has 1 rings (SSSR count). The van der Waals surface area contributed by atoms with Gasteiger partial charge in [-0.1, -0.05) is 13.8 Å². The second kappa shape index (κ2) is 6.69. The van der Waals surface area contributed by atoms with Crippen LogP contribution < -0.4 is 16.4 Å². The van der Waals surface area contributed by atoms with Gasteiger partial charge in [0, 0.05) is 6.54 Å². The lowest BCUT2D eigenvalue weighted by atomic mass is 10.0. The molecule has 0 bridgehead atoms. The Morgan fingerprint density at radius 2 is 2.05 bits per heavy atom. The number of aromatic nitrogens is 1. The number of nitrogens with one attached hydrogen (secondary N) is 2. The van der Waals surface area contributed by atoms with Gasteiger partial charge < -0.3 is 16.4 Å². The van der Waals surface area contributed by atoms with E-state index < -0.39 is 16.9 Å². The molecule has 1 aromatic rings. The number of hydrogen-bond acceptors (Lipinski definition) is 6. The summed E-state index contributed by atoms with van der Waals surface area (Å²) < 4.78 is 0. The summed E-state index contributed by atoms with van der Waals surface area (Å²) in [6.07, 6.45) is 0. The van der Waals surface area contributed by atoms with Crippen molar-refractivity contribution in [3.63, 3.8) is 0 Å². The Balaban J connectivity index is 3.09. The molecule has 0 spiro atoms. The Labute approximate surface area is 116 Å². The van der Waals surface area contributed by atoms with Gasteiger partial charge in [-0.2, -0.15) is 0 Å². The van der Waals surface area contributed by atoms with E-state index >= 15 is 0 Å². The minimum Gasteiger partial charge on any atom is -0.370 e. The molecule has 0 saturated carbocycles. The number of nitrogens with zero attached hydrogens (tertiary/aromatic N) is 2. The fourth-order valence-corrected chi connectivity index (χ4v) is 1.69. The number of primary amides is 1. The van der Waals surface area contributed by atoms with Crippen LogP contribution in [0.5, 0.6) is 0 Å². The Kier molecular flexibility index (Phi) is 5.24. The largest absolute Gasteiger partial charge is 0.370 e. The number of hydrogen-bond donors (Lipinski definition) is 3. The minimum atomic E-state index is -0.640. The van der Waals surface area contributed by atoms with Crippen LogP contribution in [0.2, 0.25) is 0 Å². The first-order valence-corrected chi connectivity index (χ1v) is 6.31. The van der Waals surface area contributed by atoms with Gasteiger partial charge in [-0.25, -0.2) is 4.98 Å². The molecular formula is C12H19N5O3. The molecule has 0 aliphatic heterocycles. The van der Waals surface area contributed by atoms with Crippen molar-refractivity contribution in [2.24, 2.45) is 11.7 Å². The molecule has 0 aliphatic rings. The highest BCUT2D eigenvalue weighted by Crippen LogP contribution is 2.22. The fraction of sp³-hybridized carbons (Fsp3) is 0.500. The van der Waals surface area contributed by atoms with E-state index in [1.54, 1.807) is 0 Å². The van der Waals surface area contributed by atoms with Crippen molar-refractivity contribution < 1.29 is 9.72 Å². The number of nitro groups is 1. The molecule has 1 heterocycles. The average Bonchev–Trinajstić information content (AvgIpc) is 2.35. The zero-order valence-electron chi connectivity index (χ0n) is 11.7. The Morgan fingerprint density at radius 3 is 2.50 bits per heavy atom. The van der Waals surface area contributed by atoms with E-state index in [0.29, 0.717) is 12.4 Å². The maximum absolute atomic E-state index is 11.4. The third-order valence-corrected chi connectivity index (χ3v) is 2.66. The smallest absolute Gasteiger partial charge is 0.276 e. The molecular weight excluding hydrogens is 262 g/mol. The van der Waals surface area contributed by atoms with E-state index in [1.807, 2.05) is 20.8 Å². The highest BCUT2D eigenvalue weighted by Gasteiger charge is 2.21. The molecule has 1 aromatic heterocycles. The van der Waals surface area contributed by atoms with Gasteiger partial charge in [-0.05, 0) is 12.8 Å². The molecule has 20 heavy (non-hydrogen) atoms. The summed E-state index contributed by atoms with van der Waals surface area (Å²) in [4.78, 5) is 25.9. The lowest BCUT2D eigenvalue weighted by molar-refractivity contribution is -0.384. The lowest BCUT2D eigenvalue weighted by Gasteiger charge is -2.19. The van der Waals surface area contributed by atoms with Gasteiger partial charge in [0.05, 0.1) is 17.1 Å². The molecule has 4 N–H and O–H groups in total. The van der Waals surface area contributed by atoms with Gasteiger partial charge >= 0.3 is 0 Å². The van der Waals surface area contributed by atoms with Gasteiger partial charge in [-0.15, -0.1) is 0 Å². The summed E-state index contributed by atoms with van der Waals surface area (Å²) in [5.74, 6) is 0.0262. The summed E-state index contributed by atoms with van der Waals surface area (Å²) in [5.41, 5.74) is 5.20. The summed E-state index contributed by atoms with van der Waals surface area (Å²) in [6, 6.07) is 1.97. The predicted octanol–water partition coefficient (Wildman–Crippen LogP) is 1.34. The van der Waals surface area contributed by atoms with Gasteiger partial charge in [0.2, 0.25) is 5.91 Å². The molecule has 0 aliphatic carbocycles. The van der Waals surface area contributed by atoms with E-state index in [0.717, 1.165) is 0 Å². The molecule has 8 heteroatoms. The molecule has 1 atom stereocenters. The van der Waals surface area contributed by atoms with Crippen LogP contribution in [-0.2, 0) is 4.79 Å². The molecule has 110 valence electrons. The van der Waals surface area contributed by atoms with Crippen LogP contribution in [0.4, 0.5) is 17.3 Å². The summed E-state index contributed by atoms with van der Waals surface area (Å²) in [6.45, 7) is 6.08. The third-order valence-electron chi connectivity index (χ3n) is 2.66. The van der Waals surface area contributed by atoms with Gasteiger partial charge in [0.25, 0.3) is 5.69 Å². The number of amides is 1. The highest BCUT2D eigenvalue weighted by atomic mass is 16.6. The first kappa shape index (κ1) is 15.7.